The summed E-state index contributed by atoms with van der Waals surface area (Å²) in [6.45, 7) is 7.53. The standard InChI is InChI=1S/C34H42FN5O6/c1-34(2,3)46-33(45)39-13-10-22(11-14-39)6-9-30(41)40-12-4-5-24(21-40)32(44)38-29(17-31(42)43)27-16-26(19-37-20-27)23-7-8-28(35)25(15-23)18-36/h7-8,15-16,19-20,22,24,29H,4-6,9-14,17,21H2,1-3H3,(H,38,44)(H,42,43). The van der Waals surface area contributed by atoms with Gasteiger partial charge in [-0.05, 0) is 88.1 Å². The van der Waals surface area contributed by atoms with Crippen LogP contribution in [0.4, 0.5) is 9.18 Å². The maximum absolute atomic E-state index is 13.9. The van der Waals surface area contributed by atoms with Crippen LogP contribution in [0, 0.1) is 29.0 Å². The van der Waals surface area contributed by atoms with Gasteiger partial charge in [0.25, 0.3) is 0 Å². The van der Waals surface area contributed by atoms with Crippen molar-refractivity contribution in [3.8, 4) is 17.2 Å². The first-order chi connectivity index (χ1) is 21.8. The van der Waals surface area contributed by atoms with Gasteiger partial charge in [-0.15, -0.1) is 0 Å². The second-order valence-corrected chi connectivity index (χ2v) is 13.1. The molecule has 4 rings (SSSR count). The first-order valence-electron chi connectivity index (χ1n) is 15.8. The summed E-state index contributed by atoms with van der Waals surface area (Å²) in [4.78, 5) is 58.3. The van der Waals surface area contributed by atoms with Gasteiger partial charge in [0.2, 0.25) is 11.8 Å². The van der Waals surface area contributed by atoms with Crippen molar-refractivity contribution in [2.45, 2.75) is 77.4 Å². The molecule has 2 atom stereocenters. The molecule has 0 spiro atoms. The summed E-state index contributed by atoms with van der Waals surface area (Å²) in [5, 5.41) is 21.6. The van der Waals surface area contributed by atoms with Crippen LogP contribution in [0.25, 0.3) is 11.1 Å². The van der Waals surface area contributed by atoms with Gasteiger partial charge in [-0.25, -0.2) is 9.18 Å². The largest absolute Gasteiger partial charge is 0.481 e. The number of likely N-dealkylation sites (tertiary alicyclic amines) is 2. The van der Waals surface area contributed by atoms with Crippen LogP contribution in [0.2, 0.25) is 0 Å². The van der Waals surface area contributed by atoms with Crippen LogP contribution < -0.4 is 5.32 Å². The number of piperidine rings is 2. The van der Waals surface area contributed by atoms with Crippen LogP contribution in [0.1, 0.15) is 82.9 Å². The molecular weight excluding hydrogens is 593 g/mol. The highest BCUT2D eigenvalue weighted by molar-refractivity contribution is 5.82. The molecule has 0 saturated carbocycles. The molecule has 2 aliphatic heterocycles. The number of hydrogen-bond donors (Lipinski definition) is 2. The number of amides is 3. The topological polar surface area (TPSA) is 153 Å². The van der Waals surface area contributed by atoms with Gasteiger partial charge in [-0.2, -0.15) is 5.26 Å². The number of nitrogens with one attached hydrogen (secondary N) is 1. The average molecular weight is 636 g/mol. The van der Waals surface area contributed by atoms with Crippen molar-refractivity contribution in [1.82, 2.24) is 20.1 Å². The van der Waals surface area contributed by atoms with Gasteiger partial charge in [0.1, 0.15) is 17.5 Å². The van der Waals surface area contributed by atoms with E-state index in [0.29, 0.717) is 67.9 Å². The van der Waals surface area contributed by atoms with Crippen molar-refractivity contribution in [1.29, 1.82) is 5.26 Å². The molecule has 3 amide bonds. The number of pyridine rings is 1. The number of carbonyl (C=O) groups is 4. The number of halogens is 1. The van der Waals surface area contributed by atoms with Crippen molar-refractivity contribution in [2.75, 3.05) is 26.2 Å². The molecule has 3 heterocycles. The van der Waals surface area contributed by atoms with Gasteiger partial charge >= 0.3 is 12.1 Å². The number of ether oxygens (including phenoxy) is 1. The van der Waals surface area contributed by atoms with Crippen molar-refractivity contribution < 1.29 is 33.4 Å². The molecular formula is C34H42FN5O6. The van der Waals surface area contributed by atoms with Crippen LogP contribution in [-0.2, 0) is 19.1 Å². The first-order valence-corrected chi connectivity index (χ1v) is 15.8. The predicted molar refractivity (Wildman–Crippen MR) is 167 cm³/mol. The molecule has 1 aromatic heterocycles. The van der Waals surface area contributed by atoms with E-state index in [1.54, 1.807) is 21.9 Å². The van der Waals surface area contributed by atoms with E-state index in [1.807, 2.05) is 20.8 Å². The van der Waals surface area contributed by atoms with Crippen molar-refractivity contribution in [3.63, 3.8) is 0 Å². The number of benzene rings is 1. The number of carboxylic acids is 1. The Morgan fingerprint density at radius 3 is 2.50 bits per heavy atom. The van der Waals surface area contributed by atoms with E-state index >= 15 is 0 Å². The number of hydrogen-bond acceptors (Lipinski definition) is 7. The highest BCUT2D eigenvalue weighted by Gasteiger charge is 2.32. The van der Waals surface area contributed by atoms with Gasteiger partial charge < -0.3 is 25.0 Å². The number of aromatic nitrogens is 1. The molecule has 11 nitrogen and oxygen atoms in total. The number of aliphatic carboxylic acids is 1. The second kappa shape index (κ2) is 15.2. The zero-order chi connectivity index (χ0) is 33.4. The SMILES string of the molecule is CC(C)(C)OC(=O)N1CCC(CCC(=O)N2CCCC(C(=O)NC(CC(=O)O)c3cncc(-c4ccc(F)c(C#N)c4)c3)C2)CC1. The molecule has 2 fully saturated rings. The highest BCUT2D eigenvalue weighted by Crippen LogP contribution is 2.28. The molecule has 246 valence electrons. The normalized spacial score (nSPS) is 17.9. The van der Waals surface area contributed by atoms with E-state index in [1.165, 1.54) is 30.6 Å². The molecule has 2 aliphatic rings. The lowest BCUT2D eigenvalue weighted by atomic mass is 9.91. The molecule has 0 bridgehead atoms. The zero-order valence-corrected chi connectivity index (χ0v) is 26.6. The summed E-state index contributed by atoms with van der Waals surface area (Å²) in [6.07, 6.45) is 6.22. The molecule has 12 heteroatoms. The van der Waals surface area contributed by atoms with Gasteiger partial charge in [-0.1, -0.05) is 6.07 Å². The molecule has 1 aromatic carbocycles. The maximum Gasteiger partial charge on any atom is 0.410 e. The number of carboxylic acid groups (broad SMARTS) is 1. The Morgan fingerprint density at radius 1 is 1.09 bits per heavy atom. The Kier molecular flexibility index (Phi) is 11.3. The average Bonchev–Trinajstić information content (AvgIpc) is 3.03. The third kappa shape index (κ3) is 9.49. The zero-order valence-electron chi connectivity index (χ0n) is 26.6. The Morgan fingerprint density at radius 2 is 1.83 bits per heavy atom. The Labute approximate surface area is 268 Å². The first kappa shape index (κ1) is 34.3. The monoisotopic (exact) mass is 635 g/mol. The lowest BCUT2D eigenvalue weighted by molar-refractivity contribution is -0.138. The van der Waals surface area contributed by atoms with Crippen molar-refractivity contribution in [2.24, 2.45) is 11.8 Å². The molecule has 0 radical (unpaired) electrons. The summed E-state index contributed by atoms with van der Waals surface area (Å²) in [5.41, 5.74) is 0.861. The maximum atomic E-state index is 13.9. The fourth-order valence-electron chi connectivity index (χ4n) is 5.95. The van der Waals surface area contributed by atoms with Gasteiger partial charge in [-0.3, -0.25) is 19.4 Å². The molecule has 2 aromatic rings. The van der Waals surface area contributed by atoms with Crippen LogP contribution in [0.15, 0.2) is 36.7 Å². The number of nitriles is 1. The molecule has 2 N–H and O–H groups in total. The van der Waals surface area contributed by atoms with Crippen molar-refractivity contribution >= 4 is 23.9 Å². The van der Waals surface area contributed by atoms with Crippen LogP contribution in [0.3, 0.4) is 0 Å². The van der Waals surface area contributed by atoms with Crippen molar-refractivity contribution in [3.05, 3.63) is 53.6 Å². The molecule has 0 aliphatic carbocycles. The summed E-state index contributed by atoms with van der Waals surface area (Å²) < 4.78 is 19.3. The summed E-state index contributed by atoms with van der Waals surface area (Å²) in [6, 6.07) is 6.67. The van der Waals surface area contributed by atoms with Gasteiger partial charge in [0.05, 0.1) is 23.9 Å². The summed E-state index contributed by atoms with van der Waals surface area (Å²) in [5.74, 6) is -2.26. The van der Waals surface area contributed by atoms with E-state index < -0.39 is 29.3 Å². The fraction of sp³-hybridized carbons (Fsp3) is 0.529. The summed E-state index contributed by atoms with van der Waals surface area (Å²) in [7, 11) is 0. The van der Waals surface area contributed by atoms with E-state index in [-0.39, 0.29) is 36.4 Å². The number of nitrogens with zero attached hydrogens (tertiary/aromatic N) is 4. The van der Waals surface area contributed by atoms with Gasteiger partial charge in [0.15, 0.2) is 0 Å². The minimum absolute atomic E-state index is 0.0119. The van der Waals surface area contributed by atoms with Crippen LogP contribution in [0.5, 0.6) is 0 Å². The fourth-order valence-corrected chi connectivity index (χ4v) is 5.95. The molecule has 2 saturated heterocycles. The van der Waals surface area contributed by atoms with Crippen LogP contribution >= 0.6 is 0 Å². The van der Waals surface area contributed by atoms with E-state index in [0.717, 1.165) is 12.8 Å². The third-order valence-corrected chi connectivity index (χ3v) is 8.45. The highest BCUT2D eigenvalue weighted by atomic mass is 19.1. The quantitative estimate of drug-likeness (QED) is 0.388. The predicted octanol–water partition coefficient (Wildman–Crippen LogP) is 5.06. The Bertz CT molecular complexity index is 1480. The molecule has 2 unspecified atom stereocenters. The lowest BCUT2D eigenvalue weighted by Crippen LogP contribution is -2.46. The summed E-state index contributed by atoms with van der Waals surface area (Å²) >= 11 is 0. The van der Waals surface area contributed by atoms with E-state index in [4.69, 9.17) is 4.74 Å². The Balaban J connectivity index is 1.32. The Hall–Kier alpha value is -4.53. The molecule has 46 heavy (non-hydrogen) atoms. The van der Waals surface area contributed by atoms with E-state index in [9.17, 15) is 33.9 Å². The second-order valence-electron chi connectivity index (χ2n) is 13.1. The lowest BCUT2D eigenvalue weighted by Gasteiger charge is -2.35. The third-order valence-electron chi connectivity index (χ3n) is 8.45. The number of carbonyl (C=O) groups excluding carboxylic acids is 3. The smallest absolute Gasteiger partial charge is 0.410 e. The minimum atomic E-state index is -1.11. The van der Waals surface area contributed by atoms with Crippen LogP contribution in [-0.4, -0.2) is 75.5 Å². The number of rotatable bonds is 9. The minimum Gasteiger partial charge on any atom is -0.481 e. The van der Waals surface area contributed by atoms with Gasteiger partial charge in [0, 0.05) is 50.6 Å². The van der Waals surface area contributed by atoms with E-state index in [2.05, 4.69) is 10.3 Å².